The molecular weight excluding hydrogens is 234 g/mol. The van der Waals surface area contributed by atoms with Gasteiger partial charge in [-0.1, -0.05) is 0 Å². The van der Waals surface area contributed by atoms with Crippen molar-refractivity contribution >= 4 is 11.9 Å². The molecule has 1 amide bonds. The second-order valence-corrected chi connectivity index (χ2v) is 4.44. The van der Waals surface area contributed by atoms with Gasteiger partial charge in [0.05, 0.1) is 7.11 Å². The van der Waals surface area contributed by atoms with Gasteiger partial charge < -0.3 is 21.5 Å². The molecule has 0 aliphatic rings. The molecular formula is C12H25N3O3. The molecule has 2 unspecified atom stereocenters. The summed E-state index contributed by atoms with van der Waals surface area (Å²) < 4.78 is 4.64. The van der Waals surface area contributed by atoms with Crippen LogP contribution >= 0.6 is 0 Å². The number of ether oxygens (including phenoxy) is 1. The zero-order chi connectivity index (χ0) is 14.0. The van der Waals surface area contributed by atoms with E-state index < -0.39 is 12.0 Å². The van der Waals surface area contributed by atoms with E-state index in [-0.39, 0.29) is 11.9 Å². The van der Waals surface area contributed by atoms with Crippen molar-refractivity contribution in [3.05, 3.63) is 0 Å². The van der Waals surface area contributed by atoms with E-state index in [9.17, 15) is 9.59 Å². The second-order valence-electron chi connectivity index (χ2n) is 4.44. The SMILES string of the molecule is COC(=O)C(CCCN)NC(=O)CCCC(C)N. The van der Waals surface area contributed by atoms with Gasteiger partial charge in [-0.25, -0.2) is 4.79 Å². The quantitative estimate of drug-likeness (QED) is 0.501. The zero-order valence-electron chi connectivity index (χ0n) is 11.3. The molecule has 6 heteroatoms. The van der Waals surface area contributed by atoms with E-state index >= 15 is 0 Å². The third-order valence-corrected chi connectivity index (χ3v) is 2.58. The third kappa shape index (κ3) is 8.03. The molecule has 0 saturated heterocycles. The maximum Gasteiger partial charge on any atom is 0.328 e. The number of hydrogen-bond acceptors (Lipinski definition) is 5. The minimum absolute atomic E-state index is 0.0893. The minimum atomic E-state index is -0.596. The molecule has 2 atom stereocenters. The normalized spacial score (nSPS) is 13.8. The Bertz CT molecular complexity index is 257. The van der Waals surface area contributed by atoms with Gasteiger partial charge in [0.25, 0.3) is 0 Å². The van der Waals surface area contributed by atoms with Gasteiger partial charge in [0.2, 0.25) is 5.91 Å². The van der Waals surface area contributed by atoms with Crippen molar-refractivity contribution in [1.82, 2.24) is 5.32 Å². The average Bonchev–Trinajstić information content (AvgIpc) is 2.32. The number of rotatable bonds is 9. The highest BCUT2D eigenvalue weighted by atomic mass is 16.5. The number of methoxy groups -OCH3 is 1. The summed E-state index contributed by atoms with van der Waals surface area (Å²) in [6, 6.07) is -0.507. The molecule has 0 rings (SSSR count). The summed E-state index contributed by atoms with van der Waals surface area (Å²) in [6.45, 7) is 2.38. The number of nitrogens with two attached hydrogens (primary N) is 2. The maximum absolute atomic E-state index is 11.6. The van der Waals surface area contributed by atoms with E-state index in [0.29, 0.717) is 32.2 Å². The molecule has 0 fully saturated rings. The summed E-state index contributed by atoms with van der Waals surface area (Å²) in [5.74, 6) is -0.577. The summed E-state index contributed by atoms with van der Waals surface area (Å²) in [4.78, 5) is 23.1. The fraction of sp³-hybridized carbons (Fsp3) is 0.833. The predicted molar refractivity (Wildman–Crippen MR) is 69.7 cm³/mol. The molecule has 0 bridgehead atoms. The zero-order valence-corrected chi connectivity index (χ0v) is 11.3. The predicted octanol–water partition coefficient (Wildman–Crippen LogP) is -0.0994. The van der Waals surface area contributed by atoms with E-state index in [2.05, 4.69) is 10.1 Å². The van der Waals surface area contributed by atoms with Crippen molar-refractivity contribution in [2.45, 2.75) is 51.1 Å². The molecule has 0 heterocycles. The van der Waals surface area contributed by atoms with Crippen molar-refractivity contribution in [3.8, 4) is 0 Å². The van der Waals surface area contributed by atoms with Gasteiger partial charge in [-0.15, -0.1) is 0 Å². The van der Waals surface area contributed by atoms with Gasteiger partial charge in [-0.05, 0) is 39.2 Å². The molecule has 5 N–H and O–H groups in total. The molecule has 0 radical (unpaired) electrons. The van der Waals surface area contributed by atoms with Gasteiger partial charge >= 0.3 is 5.97 Å². The lowest BCUT2D eigenvalue weighted by Gasteiger charge is -2.16. The monoisotopic (exact) mass is 259 g/mol. The Balaban J connectivity index is 4.05. The summed E-state index contributed by atoms with van der Waals surface area (Å²) in [5.41, 5.74) is 11.0. The number of esters is 1. The van der Waals surface area contributed by atoms with Gasteiger partial charge in [-0.3, -0.25) is 4.79 Å². The third-order valence-electron chi connectivity index (χ3n) is 2.58. The molecule has 0 aliphatic carbocycles. The first-order chi connectivity index (χ1) is 8.51. The Morgan fingerprint density at radius 1 is 1.28 bits per heavy atom. The van der Waals surface area contributed by atoms with Crippen molar-refractivity contribution in [2.75, 3.05) is 13.7 Å². The van der Waals surface area contributed by atoms with Crippen LogP contribution in [-0.2, 0) is 14.3 Å². The van der Waals surface area contributed by atoms with Crippen LogP contribution in [0.4, 0.5) is 0 Å². The lowest BCUT2D eigenvalue weighted by molar-refractivity contribution is -0.145. The molecule has 0 aromatic heterocycles. The molecule has 0 saturated carbocycles. The molecule has 0 aliphatic heterocycles. The number of nitrogens with one attached hydrogen (secondary N) is 1. The Labute approximate surface area is 108 Å². The Hall–Kier alpha value is -1.14. The van der Waals surface area contributed by atoms with Crippen molar-refractivity contribution in [3.63, 3.8) is 0 Å². The van der Waals surface area contributed by atoms with E-state index in [1.165, 1.54) is 7.11 Å². The van der Waals surface area contributed by atoms with E-state index in [0.717, 1.165) is 6.42 Å². The van der Waals surface area contributed by atoms with Gasteiger partial charge in [0.1, 0.15) is 6.04 Å². The summed E-state index contributed by atoms with van der Waals surface area (Å²) in [7, 11) is 1.31. The van der Waals surface area contributed by atoms with Crippen LogP contribution in [0, 0.1) is 0 Å². The number of carbonyl (C=O) groups excluding carboxylic acids is 2. The van der Waals surface area contributed by atoms with Gasteiger partial charge in [0, 0.05) is 12.5 Å². The fourth-order valence-corrected chi connectivity index (χ4v) is 1.56. The first-order valence-electron chi connectivity index (χ1n) is 6.34. The number of amides is 1. The lowest BCUT2D eigenvalue weighted by atomic mass is 10.1. The molecule has 106 valence electrons. The highest BCUT2D eigenvalue weighted by Crippen LogP contribution is 2.02. The van der Waals surface area contributed by atoms with E-state index in [1.807, 2.05) is 6.92 Å². The smallest absolute Gasteiger partial charge is 0.328 e. The first kappa shape index (κ1) is 16.9. The molecule has 0 aromatic rings. The van der Waals surface area contributed by atoms with E-state index in [4.69, 9.17) is 11.5 Å². The number of carbonyl (C=O) groups is 2. The van der Waals surface area contributed by atoms with E-state index in [1.54, 1.807) is 0 Å². The van der Waals surface area contributed by atoms with Crippen molar-refractivity contribution < 1.29 is 14.3 Å². The summed E-state index contributed by atoms with van der Waals surface area (Å²) >= 11 is 0. The van der Waals surface area contributed by atoms with Crippen molar-refractivity contribution in [1.29, 1.82) is 0 Å². The average molecular weight is 259 g/mol. The Morgan fingerprint density at radius 2 is 1.94 bits per heavy atom. The van der Waals surface area contributed by atoms with Crippen LogP contribution in [0.3, 0.4) is 0 Å². The lowest BCUT2D eigenvalue weighted by Crippen LogP contribution is -2.41. The largest absolute Gasteiger partial charge is 0.467 e. The van der Waals surface area contributed by atoms with Crippen LogP contribution in [-0.4, -0.2) is 37.6 Å². The molecule has 6 nitrogen and oxygen atoms in total. The standard InChI is InChI=1S/C12H25N3O3/c1-9(14)5-3-7-11(16)15-10(6-4-8-13)12(17)18-2/h9-10H,3-8,13-14H2,1-2H3,(H,15,16). The summed E-state index contributed by atoms with van der Waals surface area (Å²) in [5, 5.41) is 2.67. The number of hydrogen-bond donors (Lipinski definition) is 3. The fourth-order valence-electron chi connectivity index (χ4n) is 1.56. The van der Waals surface area contributed by atoms with Crippen molar-refractivity contribution in [2.24, 2.45) is 11.5 Å². The Morgan fingerprint density at radius 3 is 2.44 bits per heavy atom. The van der Waals surface area contributed by atoms with Crippen LogP contribution in [0.2, 0.25) is 0 Å². The highest BCUT2D eigenvalue weighted by Gasteiger charge is 2.20. The molecule has 18 heavy (non-hydrogen) atoms. The minimum Gasteiger partial charge on any atom is -0.467 e. The Kier molecular flexibility index (Phi) is 9.22. The topological polar surface area (TPSA) is 107 Å². The van der Waals surface area contributed by atoms with Crippen LogP contribution in [0.15, 0.2) is 0 Å². The van der Waals surface area contributed by atoms with Gasteiger partial charge in [-0.2, -0.15) is 0 Å². The summed E-state index contributed by atoms with van der Waals surface area (Å²) in [6.07, 6.45) is 3.05. The molecule has 0 spiro atoms. The van der Waals surface area contributed by atoms with Gasteiger partial charge in [0.15, 0.2) is 0 Å². The van der Waals surface area contributed by atoms with Crippen LogP contribution in [0.25, 0.3) is 0 Å². The van der Waals surface area contributed by atoms with Crippen LogP contribution < -0.4 is 16.8 Å². The maximum atomic E-state index is 11.6. The van der Waals surface area contributed by atoms with Crippen LogP contribution in [0.1, 0.15) is 39.0 Å². The molecule has 0 aromatic carbocycles. The first-order valence-corrected chi connectivity index (χ1v) is 6.34. The second kappa shape index (κ2) is 9.85. The highest BCUT2D eigenvalue weighted by molar-refractivity contribution is 5.84. The van der Waals surface area contributed by atoms with Crippen LogP contribution in [0.5, 0.6) is 0 Å².